The number of benzene rings is 1. The van der Waals surface area contributed by atoms with Crippen LogP contribution in [0.25, 0.3) is 10.9 Å². The zero-order valence-corrected chi connectivity index (χ0v) is 11.7. The van der Waals surface area contributed by atoms with E-state index in [4.69, 9.17) is 11.6 Å². The Bertz CT molecular complexity index is 583. The molecule has 0 saturated carbocycles. The number of H-pyrrole nitrogens is 1. The third kappa shape index (κ3) is 1.36. The summed E-state index contributed by atoms with van der Waals surface area (Å²) < 4.78 is 1.06. The summed E-state index contributed by atoms with van der Waals surface area (Å²) in [4.78, 5) is 3.56. The first-order chi connectivity index (χ1) is 7.49. The maximum absolute atomic E-state index is 6.11. The molecule has 0 saturated heterocycles. The Labute approximate surface area is 108 Å². The Balaban J connectivity index is 2.40. The van der Waals surface area contributed by atoms with Gasteiger partial charge in [-0.2, -0.15) is 0 Å². The van der Waals surface area contributed by atoms with Crippen molar-refractivity contribution in [1.29, 1.82) is 0 Å². The largest absolute Gasteiger partial charge is 0.357 e. The van der Waals surface area contributed by atoms with Crippen LogP contribution < -0.4 is 0 Å². The Kier molecular flexibility index (Phi) is 2.18. The smallest absolute Gasteiger partial charge is 0.0604 e. The highest BCUT2D eigenvalue weighted by Crippen LogP contribution is 2.43. The molecule has 3 rings (SSSR count). The second kappa shape index (κ2) is 3.27. The number of aromatic nitrogens is 1. The van der Waals surface area contributed by atoms with Crippen LogP contribution >= 0.6 is 27.5 Å². The summed E-state index contributed by atoms with van der Waals surface area (Å²) in [5.41, 5.74) is 4.27. The van der Waals surface area contributed by atoms with Crippen molar-refractivity contribution in [3.8, 4) is 0 Å². The molecule has 16 heavy (non-hydrogen) atoms. The summed E-state index contributed by atoms with van der Waals surface area (Å²) in [6.45, 7) is 4.59. The van der Waals surface area contributed by atoms with Gasteiger partial charge >= 0.3 is 0 Å². The number of fused-ring (bicyclic) bond motifs is 3. The Hall–Kier alpha value is -0.470. The molecule has 0 bridgehead atoms. The van der Waals surface area contributed by atoms with E-state index >= 15 is 0 Å². The van der Waals surface area contributed by atoms with Crippen molar-refractivity contribution >= 4 is 38.4 Å². The molecule has 0 aliphatic heterocycles. The quantitative estimate of drug-likeness (QED) is 0.718. The lowest BCUT2D eigenvalue weighted by Gasteiger charge is -2.16. The highest BCUT2D eigenvalue weighted by atomic mass is 79.9. The van der Waals surface area contributed by atoms with Gasteiger partial charge in [0.05, 0.1) is 5.52 Å². The molecule has 1 heterocycles. The van der Waals surface area contributed by atoms with E-state index in [1.807, 2.05) is 6.07 Å². The predicted molar refractivity (Wildman–Crippen MR) is 72.4 cm³/mol. The summed E-state index contributed by atoms with van der Waals surface area (Å²) in [6.07, 6.45) is 2.36. The van der Waals surface area contributed by atoms with Crippen LogP contribution in [0.5, 0.6) is 0 Å². The van der Waals surface area contributed by atoms with Crippen LogP contribution in [-0.4, -0.2) is 4.98 Å². The fourth-order valence-corrected chi connectivity index (χ4v) is 3.58. The number of hydrogen-bond acceptors (Lipinski definition) is 0. The minimum Gasteiger partial charge on any atom is -0.357 e. The second-order valence-corrected chi connectivity index (χ2v) is 6.46. The van der Waals surface area contributed by atoms with Crippen LogP contribution in [-0.2, 0) is 11.8 Å². The zero-order valence-electron chi connectivity index (χ0n) is 9.32. The molecule has 1 aromatic heterocycles. The van der Waals surface area contributed by atoms with E-state index in [9.17, 15) is 0 Å². The van der Waals surface area contributed by atoms with Crippen LogP contribution in [0.4, 0.5) is 0 Å². The van der Waals surface area contributed by atoms with Gasteiger partial charge in [-0.15, -0.1) is 0 Å². The predicted octanol–water partition coefficient (Wildman–Crippen LogP) is 4.81. The van der Waals surface area contributed by atoms with Crippen molar-refractivity contribution in [3.63, 3.8) is 0 Å². The molecule has 84 valence electrons. The fourth-order valence-electron chi connectivity index (χ4n) is 2.67. The number of rotatable bonds is 0. The monoisotopic (exact) mass is 297 g/mol. The molecule has 2 aromatic rings. The van der Waals surface area contributed by atoms with E-state index in [1.165, 1.54) is 28.6 Å². The van der Waals surface area contributed by atoms with Crippen molar-refractivity contribution < 1.29 is 0 Å². The molecule has 0 atom stereocenters. The topological polar surface area (TPSA) is 15.8 Å². The van der Waals surface area contributed by atoms with Gasteiger partial charge in [0.25, 0.3) is 0 Å². The number of hydrogen-bond donors (Lipinski definition) is 1. The van der Waals surface area contributed by atoms with Gasteiger partial charge in [-0.25, -0.2) is 0 Å². The number of nitrogens with one attached hydrogen (secondary N) is 1. The minimum absolute atomic E-state index is 0.264. The molecule has 1 nitrogen and oxygen atoms in total. The molecule has 0 radical (unpaired) electrons. The molecule has 1 aliphatic rings. The van der Waals surface area contributed by atoms with Crippen molar-refractivity contribution in [1.82, 2.24) is 4.98 Å². The standard InChI is InChI=1S/C13H13BrClN/c1-13(2)4-3-8-9-5-7(15)6-10(14)11(9)16-12(8)13/h5-6,16H,3-4H2,1-2H3. The zero-order chi connectivity index (χ0) is 11.5. The van der Waals surface area contributed by atoms with Crippen LogP contribution in [0.2, 0.25) is 5.02 Å². The SMILES string of the molecule is CC1(C)CCc2c1[nH]c1c(Br)cc(Cl)cc21. The van der Waals surface area contributed by atoms with Crippen molar-refractivity contribution in [2.45, 2.75) is 32.1 Å². The van der Waals surface area contributed by atoms with Crippen molar-refractivity contribution in [2.75, 3.05) is 0 Å². The van der Waals surface area contributed by atoms with Crippen LogP contribution in [0.15, 0.2) is 16.6 Å². The molecule has 1 aliphatic carbocycles. The summed E-state index contributed by atoms with van der Waals surface area (Å²) in [7, 11) is 0. The molecular weight excluding hydrogens is 286 g/mol. The van der Waals surface area contributed by atoms with Crippen molar-refractivity contribution in [3.05, 3.63) is 32.9 Å². The maximum Gasteiger partial charge on any atom is 0.0604 e. The molecule has 0 fully saturated rings. The third-order valence-electron chi connectivity index (χ3n) is 3.61. The third-order valence-corrected chi connectivity index (χ3v) is 4.45. The summed E-state index contributed by atoms with van der Waals surface area (Å²) in [6, 6.07) is 4.01. The van der Waals surface area contributed by atoms with E-state index in [1.54, 1.807) is 0 Å². The van der Waals surface area contributed by atoms with Gasteiger partial charge in [0.15, 0.2) is 0 Å². The van der Waals surface area contributed by atoms with E-state index in [0.29, 0.717) is 0 Å². The van der Waals surface area contributed by atoms with Crippen molar-refractivity contribution in [2.24, 2.45) is 0 Å². The lowest BCUT2D eigenvalue weighted by atomic mass is 9.91. The molecule has 0 unspecified atom stereocenters. The number of aryl methyl sites for hydroxylation is 1. The molecule has 3 heteroatoms. The average molecular weight is 299 g/mol. The van der Waals surface area contributed by atoms with E-state index in [2.05, 4.69) is 40.8 Å². The molecule has 1 aromatic carbocycles. The number of halogens is 2. The Morgan fingerprint density at radius 1 is 1.38 bits per heavy atom. The van der Waals surface area contributed by atoms with Crippen LogP contribution in [0, 0.1) is 0 Å². The van der Waals surface area contributed by atoms with Gasteiger partial charge in [-0.3, -0.25) is 0 Å². The first-order valence-corrected chi connectivity index (χ1v) is 6.66. The van der Waals surface area contributed by atoms with E-state index in [-0.39, 0.29) is 5.41 Å². The van der Waals surface area contributed by atoms with Gasteiger partial charge in [0.2, 0.25) is 0 Å². The maximum atomic E-state index is 6.11. The fraction of sp³-hybridized carbons (Fsp3) is 0.385. The summed E-state index contributed by atoms with van der Waals surface area (Å²) in [5.74, 6) is 0. The first-order valence-electron chi connectivity index (χ1n) is 5.49. The molecule has 0 amide bonds. The van der Waals surface area contributed by atoms with Gasteiger partial charge in [0, 0.05) is 26.0 Å². The Morgan fingerprint density at radius 2 is 2.12 bits per heavy atom. The second-order valence-electron chi connectivity index (χ2n) is 5.17. The van der Waals surface area contributed by atoms with Crippen LogP contribution in [0.3, 0.4) is 0 Å². The molecular formula is C13H13BrClN. The van der Waals surface area contributed by atoms with Gasteiger partial charge in [-0.05, 0) is 46.5 Å². The molecule has 0 spiro atoms. The first kappa shape index (κ1) is 10.7. The normalized spacial score (nSPS) is 18.0. The van der Waals surface area contributed by atoms with E-state index < -0.39 is 0 Å². The highest BCUT2D eigenvalue weighted by Gasteiger charge is 2.33. The lowest BCUT2D eigenvalue weighted by Crippen LogP contribution is -2.12. The van der Waals surface area contributed by atoms with E-state index in [0.717, 1.165) is 15.9 Å². The van der Waals surface area contributed by atoms with Gasteiger partial charge < -0.3 is 4.98 Å². The average Bonchev–Trinajstić information content (AvgIpc) is 2.66. The molecule has 1 N–H and O–H groups in total. The minimum atomic E-state index is 0.264. The van der Waals surface area contributed by atoms with Gasteiger partial charge in [-0.1, -0.05) is 25.4 Å². The number of aromatic amines is 1. The summed E-state index contributed by atoms with van der Waals surface area (Å²) >= 11 is 9.68. The van der Waals surface area contributed by atoms with Crippen LogP contribution in [0.1, 0.15) is 31.5 Å². The lowest BCUT2D eigenvalue weighted by molar-refractivity contribution is 0.510. The van der Waals surface area contributed by atoms with Gasteiger partial charge in [0.1, 0.15) is 0 Å². The summed E-state index contributed by atoms with van der Waals surface area (Å²) in [5, 5.41) is 2.07. The Morgan fingerprint density at radius 3 is 2.88 bits per heavy atom. The highest BCUT2D eigenvalue weighted by molar-refractivity contribution is 9.10.